The van der Waals surface area contributed by atoms with Crippen molar-refractivity contribution in [1.82, 2.24) is 9.44 Å². The Labute approximate surface area is 219 Å². The van der Waals surface area contributed by atoms with Crippen molar-refractivity contribution in [3.05, 3.63) is 59.7 Å². The average Bonchev–Trinajstić information content (AvgIpc) is 2.78. The van der Waals surface area contributed by atoms with Crippen LogP contribution in [0.2, 0.25) is 0 Å². The van der Waals surface area contributed by atoms with Crippen LogP contribution in [-0.2, 0) is 24.8 Å². The van der Waals surface area contributed by atoms with Crippen LogP contribution in [0.5, 0.6) is 0 Å². The van der Waals surface area contributed by atoms with E-state index in [1.165, 1.54) is 0 Å². The van der Waals surface area contributed by atoms with Gasteiger partial charge >= 0.3 is 0 Å². The summed E-state index contributed by atoms with van der Waals surface area (Å²) in [5.41, 5.74) is 2.03. The molecule has 0 spiro atoms. The number of benzene rings is 2. The Kier molecular flexibility index (Phi) is 12.6. The summed E-state index contributed by atoms with van der Waals surface area (Å²) in [6.45, 7) is 8.70. The molecule has 196 valence electrons. The molecule has 2 aromatic carbocycles. The van der Waals surface area contributed by atoms with E-state index in [1.807, 2.05) is 27.7 Å². The third-order valence-electron chi connectivity index (χ3n) is 4.85. The first kappa shape index (κ1) is 30.1. The molecule has 0 bridgehead atoms. The lowest BCUT2D eigenvalue weighted by atomic mass is 10.2. The molecule has 7 nitrogen and oxygen atoms in total. The third-order valence-corrected chi connectivity index (χ3v) is 10.4. The summed E-state index contributed by atoms with van der Waals surface area (Å²) < 4.78 is 60.7. The van der Waals surface area contributed by atoms with Crippen molar-refractivity contribution in [2.24, 2.45) is 0 Å². The third kappa shape index (κ3) is 11.2. The van der Waals surface area contributed by atoms with Crippen LogP contribution >= 0.6 is 23.5 Å². The first-order valence-electron chi connectivity index (χ1n) is 11.4. The molecule has 0 unspecified atom stereocenters. The molecule has 0 aliphatic carbocycles. The lowest BCUT2D eigenvalue weighted by Gasteiger charge is -2.15. The van der Waals surface area contributed by atoms with Crippen LogP contribution in [0, 0.1) is 13.8 Å². The van der Waals surface area contributed by atoms with Gasteiger partial charge in [-0.25, -0.2) is 26.3 Å². The molecular weight excluding hydrogens is 525 g/mol. The molecule has 2 rings (SSSR count). The lowest BCUT2D eigenvalue weighted by molar-refractivity contribution is 0.167. The summed E-state index contributed by atoms with van der Waals surface area (Å²) in [6.07, 6.45) is 0. The van der Waals surface area contributed by atoms with E-state index in [9.17, 15) is 16.8 Å². The van der Waals surface area contributed by atoms with Gasteiger partial charge in [0.15, 0.2) is 0 Å². The lowest BCUT2D eigenvalue weighted by Crippen LogP contribution is -2.34. The summed E-state index contributed by atoms with van der Waals surface area (Å²) in [7, 11) is -7.02. The maximum Gasteiger partial charge on any atom is 0.240 e. The Bertz CT molecular complexity index is 1020. The molecular formula is C24H36N2O5S4. The molecule has 0 aromatic heterocycles. The molecule has 11 heteroatoms. The van der Waals surface area contributed by atoms with Crippen LogP contribution in [0.4, 0.5) is 0 Å². The summed E-state index contributed by atoms with van der Waals surface area (Å²) in [5, 5.41) is 0. The van der Waals surface area contributed by atoms with E-state index in [2.05, 4.69) is 9.44 Å². The van der Waals surface area contributed by atoms with Crippen LogP contribution in [-0.4, -0.2) is 65.1 Å². The maximum absolute atomic E-state index is 12.4. The van der Waals surface area contributed by atoms with Crippen molar-refractivity contribution < 1.29 is 21.6 Å². The highest BCUT2D eigenvalue weighted by Crippen LogP contribution is 2.13. The number of thioether (sulfide) groups is 2. The first-order chi connectivity index (χ1) is 16.5. The topological polar surface area (TPSA) is 102 Å². The van der Waals surface area contributed by atoms with Gasteiger partial charge in [0.25, 0.3) is 0 Å². The molecule has 0 amide bonds. The number of nitrogens with one attached hydrogen (secondary N) is 2. The Morgan fingerprint density at radius 2 is 1.03 bits per heavy atom. The van der Waals surface area contributed by atoms with E-state index < -0.39 is 20.0 Å². The standard InChI is InChI=1S/C24H36N2O5S4/c1-19-5-9-23(10-6-19)34(27,28)25-21(3)17-32-15-13-31-14-16-33-18-22(4)26-35(29,30)24-11-7-20(2)8-12-24/h5-12,21-22,25-26H,13-18H2,1-4H3/t21-,22-/m0/s1. The molecule has 0 heterocycles. The smallest absolute Gasteiger partial charge is 0.240 e. The minimum atomic E-state index is -3.51. The molecule has 0 aliphatic rings. The molecule has 0 fully saturated rings. The SMILES string of the molecule is Cc1ccc(S(=O)(=O)N[C@@H](C)CSCCOCCSC[C@H](C)NS(=O)(=O)c2ccc(C)cc2)cc1. The summed E-state index contributed by atoms with van der Waals surface area (Å²) in [5.74, 6) is 2.85. The second-order valence-electron chi connectivity index (χ2n) is 8.43. The molecule has 2 aromatic rings. The van der Waals surface area contributed by atoms with Gasteiger partial charge in [-0.1, -0.05) is 35.4 Å². The fourth-order valence-electron chi connectivity index (χ4n) is 3.03. The van der Waals surface area contributed by atoms with Crippen LogP contribution in [0.25, 0.3) is 0 Å². The van der Waals surface area contributed by atoms with Crippen molar-refractivity contribution in [3.8, 4) is 0 Å². The first-order valence-corrected chi connectivity index (χ1v) is 16.7. The van der Waals surface area contributed by atoms with Gasteiger partial charge < -0.3 is 4.74 Å². The molecule has 0 saturated carbocycles. The van der Waals surface area contributed by atoms with Crippen LogP contribution < -0.4 is 9.44 Å². The highest BCUT2D eigenvalue weighted by molar-refractivity contribution is 7.99. The van der Waals surface area contributed by atoms with Crippen molar-refractivity contribution in [2.75, 3.05) is 36.2 Å². The minimum absolute atomic E-state index is 0.188. The van der Waals surface area contributed by atoms with Gasteiger partial charge in [0.05, 0.1) is 23.0 Å². The zero-order valence-corrected chi connectivity index (χ0v) is 24.0. The highest BCUT2D eigenvalue weighted by Gasteiger charge is 2.18. The zero-order valence-electron chi connectivity index (χ0n) is 20.7. The summed E-state index contributed by atoms with van der Waals surface area (Å²) >= 11 is 3.28. The maximum atomic E-state index is 12.4. The average molecular weight is 561 g/mol. The van der Waals surface area contributed by atoms with Gasteiger partial charge in [-0.3, -0.25) is 0 Å². The molecule has 35 heavy (non-hydrogen) atoms. The van der Waals surface area contributed by atoms with Crippen LogP contribution in [0.1, 0.15) is 25.0 Å². The molecule has 0 saturated heterocycles. The number of rotatable bonds is 16. The molecule has 0 radical (unpaired) electrons. The predicted octanol–water partition coefficient (Wildman–Crippen LogP) is 3.82. The largest absolute Gasteiger partial charge is 0.380 e. The van der Waals surface area contributed by atoms with E-state index >= 15 is 0 Å². The van der Waals surface area contributed by atoms with Gasteiger partial charge in [-0.05, 0) is 52.0 Å². The monoisotopic (exact) mass is 560 g/mol. The van der Waals surface area contributed by atoms with Crippen LogP contribution in [0.3, 0.4) is 0 Å². The van der Waals surface area contributed by atoms with E-state index in [4.69, 9.17) is 4.74 Å². The van der Waals surface area contributed by atoms with E-state index in [0.29, 0.717) is 24.7 Å². The summed E-state index contributed by atoms with van der Waals surface area (Å²) in [4.78, 5) is 0.552. The molecule has 2 N–H and O–H groups in total. The molecule has 2 atom stereocenters. The summed E-state index contributed by atoms with van der Waals surface area (Å²) in [6, 6.07) is 13.2. The van der Waals surface area contributed by atoms with Gasteiger partial charge in [0, 0.05) is 35.1 Å². The predicted molar refractivity (Wildman–Crippen MR) is 147 cm³/mol. The Hall–Kier alpha value is -1.08. The molecule has 0 aliphatic heterocycles. The van der Waals surface area contributed by atoms with E-state index in [0.717, 1.165) is 22.6 Å². The van der Waals surface area contributed by atoms with Crippen molar-refractivity contribution >= 4 is 43.6 Å². The van der Waals surface area contributed by atoms with Crippen molar-refractivity contribution in [2.45, 2.75) is 49.6 Å². The minimum Gasteiger partial charge on any atom is -0.380 e. The Morgan fingerprint density at radius 1 is 0.686 bits per heavy atom. The van der Waals surface area contributed by atoms with Gasteiger partial charge in [0.1, 0.15) is 0 Å². The zero-order chi connectivity index (χ0) is 25.9. The fraction of sp³-hybridized carbons (Fsp3) is 0.500. The highest BCUT2D eigenvalue weighted by atomic mass is 32.2. The normalized spacial score (nSPS) is 14.1. The fourth-order valence-corrected chi connectivity index (χ4v) is 7.40. The van der Waals surface area contributed by atoms with Crippen molar-refractivity contribution in [1.29, 1.82) is 0 Å². The Balaban J connectivity index is 1.53. The number of hydrogen-bond acceptors (Lipinski definition) is 7. The van der Waals surface area contributed by atoms with Crippen LogP contribution in [0.15, 0.2) is 58.3 Å². The van der Waals surface area contributed by atoms with Gasteiger partial charge in [-0.15, -0.1) is 0 Å². The second kappa shape index (κ2) is 14.6. The number of ether oxygens (including phenoxy) is 1. The van der Waals surface area contributed by atoms with E-state index in [1.54, 1.807) is 72.1 Å². The van der Waals surface area contributed by atoms with Gasteiger partial charge in [-0.2, -0.15) is 23.5 Å². The second-order valence-corrected chi connectivity index (χ2v) is 14.2. The quantitative estimate of drug-likeness (QED) is 0.301. The number of hydrogen-bond donors (Lipinski definition) is 2. The number of sulfonamides is 2. The Morgan fingerprint density at radius 3 is 1.37 bits per heavy atom. The van der Waals surface area contributed by atoms with Gasteiger partial charge in [0.2, 0.25) is 20.0 Å². The number of aryl methyl sites for hydroxylation is 2. The van der Waals surface area contributed by atoms with Crippen molar-refractivity contribution in [3.63, 3.8) is 0 Å². The van der Waals surface area contributed by atoms with E-state index in [-0.39, 0.29) is 21.9 Å².